The van der Waals surface area contributed by atoms with E-state index in [9.17, 15) is 19.0 Å². The van der Waals surface area contributed by atoms with E-state index in [2.05, 4.69) is 26.0 Å². The van der Waals surface area contributed by atoms with Crippen molar-refractivity contribution in [1.29, 1.82) is 0 Å². The molecule has 9 nitrogen and oxygen atoms in total. The van der Waals surface area contributed by atoms with Crippen molar-refractivity contribution in [3.05, 3.63) is 12.2 Å². The first-order valence-electron chi connectivity index (χ1n) is 34.9. The monoisotopic (exact) mass is 1140 g/mol. The van der Waals surface area contributed by atoms with E-state index in [1.54, 1.807) is 0 Å². The summed E-state index contributed by atoms with van der Waals surface area (Å²) in [5.74, 6) is -0.781. The molecule has 0 radical (unpaired) electrons. The van der Waals surface area contributed by atoms with Gasteiger partial charge in [-0.3, -0.25) is 18.6 Å². The fraction of sp³-hybridized carbons (Fsp3) is 0.942. The van der Waals surface area contributed by atoms with Crippen LogP contribution in [0.1, 0.15) is 367 Å². The van der Waals surface area contributed by atoms with Gasteiger partial charge in [-0.2, -0.15) is 0 Å². The van der Waals surface area contributed by atoms with Crippen molar-refractivity contribution in [2.45, 2.75) is 373 Å². The number of nitrogens with zero attached hydrogens (tertiary/aromatic N) is 1. The molecule has 0 aliphatic carbocycles. The quantitative estimate of drug-likeness (QED) is 0.0211. The fourth-order valence-corrected chi connectivity index (χ4v) is 11.4. The van der Waals surface area contributed by atoms with Crippen LogP contribution in [0.5, 0.6) is 0 Å². The second-order valence-electron chi connectivity index (χ2n) is 25.3. The molecule has 0 saturated heterocycles. The molecule has 0 saturated carbocycles. The summed E-state index contributed by atoms with van der Waals surface area (Å²) in [6.45, 7) is 4.49. The van der Waals surface area contributed by atoms with Crippen molar-refractivity contribution in [3.63, 3.8) is 0 Å². The van der Waals surface area contributed by atoms with Gasteiger partial charge in [0.15, 0.2) is 6.10 Å². The van der Waals surface area contributed by atoms with Gasteiger partial charge in [0.1, 0.15) is 19.8 Å². The highest BCUT2D eigenvalue weighted by molar-refractivity contribution is 7.47. The van der Waals surface area contributed by atoms with Crippen molar-refractivity contribution >= 4 is 19.8 Å². The van der Waals surface area contributed by atoms with Crippen LogP contribution in [-0.2, 0) is 32.7 Å². The van der Waals surface area contributed by atoms with Crippen LogP contribution in [0.25, 0.3) is 0 Å². The Labute approximate surface area is 492 Å². The molecule has 2 unspecified atom stereocenters. The zero-order chi connectivity index (χ0) is 57.7. The highest BCUT2D eigenvalue weighted by Gasteiger charge is 2.27. The van der Waals surface area contributed by atoms with Crippen LogP contribution in [0.15, 0.2) is 12.2 Å². The van der Waals surface area contributed by atoms with Crippen LogP contribution < -0.4 is 0 Å². The van der Waals surface area contributed by atoms with Gasteiger partial charge in [-0.15, -0.1) is 0 Å². The first kappa shape index (κ1) is 77.8. The van der Waals surface area contributed by atoms with Gasteiger partial charge in [0.05, 0.1) is 27.7 Å². The number of allylic oxidation sites excluding steroid dienone is 2. The van der Waals surface area contributed by atoms with Gasteiger partial charge in [0.25, 0.3) is 0 Å². The number of carbonyl (C=O) groups is 2. The lowest BCUT2D eigenvalue weighted by atomic mass is 10.0. The average molecular weight is 1140 g/mol. The molecular formula is C69H137NO8P+. The van der Waals surface area contributed by atoms with Crippen molar-refractivity contribution in [2.75, 3.05) is 47.5 Å². The molecular weight excluding hydrogens is 1000 g/mol. The highest BCUT2D eigenvalue weighted by Crippen LogP contribution is 2.43. The number of ether oxygens (including phenoxy) is 2. The van der Waals surface area contributed by atoms with E-state index in [0.717, 1.165) is 44.9 Å². The number of quaternary nitrogens is 1. The van der Waals surface area contributed by atoms with Crippen LogP contribution in [0.2, 0.25) is 0 Å². The standard InChI is InChI=1S/C69H136NO8P/c1-6-8-10-12-14-16-18-20-22-24-25-26-27-28-29-30-31-32-33-34-35-36-37-38-39-40-41-42-43-44-46-47-49-51-53-55-57-59-61-68(71)75-65-67(66-77-79(73,74)76-64-63-70(3,4)5)78-69(72)62-60-58-56-54-52-50-48-45-23-21-19-17-15-13-11-9-7-2/h21,23,67H,6-20,22,24-66H2,1-5H3/p+1/b23-21-. The van der Waals surface area contributed by atoms with Crippen LogP contribution >= 0.6 is 7.82 Å². The number of hydrogen-bond donors (Lipinski definition) is 1. The van der Waals surface area contributed by atoms with Crippen molar-refractivity contribution < 1.29 is 42.1 Å². The molecule has 470 valence electrons. The summed E-state index contributed by atoms with van der Waals surface area (Å²) in [7, 11) is 1.50. The highest BCUT2D eigenvalue weighted by atomic mass is 31.2. The molecule has 0 aliphatic heterocycles. The van der Waals surface area contributed by atoms with Gasteiger partial charge in [0, 0.05) is 12.8 Å². The van der Waals surface area contributed by atoms with Gasteiger partial charge in [-0.1, -0.05) is 328 Å². The van der Waals surface area contributed by atoms with E-state index >= 15 is 0 Å². The predicted molar refractivity (Wildman–Crippen MR) is 340 cm³/mol. The Hall–Kier alpha value is -1.25. The predicted octanol–water partition coefficient (Wildman–Crippen LogP) is 22.3. The third-order valence-electron chi connectivity index (χ3n) is 16.0. The zero-order valence-electron chi connectivity index (χ0n) is 53.7. The van der Waals surface area contributed by atoms with Crippen molar-refractivity contribution in [2.24, 2.45) is 0 Å². The molecule has 0 fully saturated rings. The second kappa shape index (κ2) is 61.3. The Morgan fingerprint density at radius 1 is 0.380 bits per heavy atom. The van der Waals surface area contributed by atoms with Crippen molar-refractivity contribution in [1.82, 2.24) is 0 Å². The number of unbranched alkanes of at least 4 members (excludes halogenated alkanes) is 50. The van der Waals surface area contributed by atoms with E-state index in [4.69, 9.17) is 18.5 Å². The number of hydrogen-bond acceptors (Lipinski definition) is 7. The van der Waals surface area contributed by atoms with E-state index in [1.807, 2.05) is 21.1 Å². The lowest BCUT2D eigenvalue weighted by Crippen LogP contribution is -2.37. The fourth-order valence-electron chi connectivity index (χ4n) is 10.7. The van der Waals surface area contributed by atoms with Crippen LogP contribution in [0, 0.1) is 0 Å². The minimum Gasteiger partial charge on any atom is -0.462 e. The van der Waals surface area contributed by atoms with Gasteiger partial charge >= 0.3 is 19.8 Å². The van der Waals surface area contributed by atoms with Gasteiger partial charge in [-0.05, 0) is 38.5 Å². The molecule has 0 aromatic carbocycles. The first-order valence-corrected chi connectivity index (χ1v) is 36.4. The van der Waals surface area contributed by atoms with Crippen LogP contribution in [0.3, 0.4) is 0 Å². The maximum absolute atomic E-state index is 12.8. The number of likely N-dealkylation sites (N-methyl/N-ethyl adjacent to an activating group) is 1. The number of phosphoric ester groups is 1. The summed E-state index contributed by atoms with van der Waals surface area (Å²) < 4.78 is 34.6. The molecule has 79 heavy (non-hydrogen) atoms. The third kappa shape index (κ3) is 65.8. The topological polar surface area (TPSA) is 108 Å². The Bertz CT molecular complexity index is 1340. The minimum absolute atomic E-state index is 0.0346. The maximum Gasteiger partial charge on any atom is 0.472 e. The van der Waals surface area contributed by atoms with E-state index in [0.29, 0.717) is 23.9 Å². The molecule has 0 heterocycles. The summed E-state index contributed by atoms with van der Waals surface area (Å²) in [5, 5.41) is 0. The Morgan fingerprint density at radius 2 is 0.646 bits per heavy atom. The molecule has 2 atom stereocenters. The molecule has 0 aromatic heterocycles. The number of carbonyl (C=O) groups excluding carboxylic acids is 2. The molecule has 0 amide bonds. The molecule has 0 spiro atoms. The van der Waals surface area contributed by atoms with E-state index in [1.165, 1.54) is 289 Å². The minimum atomic E-state index is -4.38. The maximum atomic E-state index is 12.8. The molecule has 10 heteroatoms. The number of phosphoric acid groups is 1. The normalized spacial score (nSPS) is 13.1. The first-order chi connectivity index (χ1) is 38.5. The van der Waals surface area contributed by atoms with Gasteiger partial charge in [-0.25, -0.2) is 4.57 Å². The summed E-state index contributed by atoms with van der Waals surface area (Å²) in [5.41, 5.74) is 0. The number of esters is 2. The molecule has 0 bridgehead atoms. The Kier molecular flexibility index (Phi) is 60.3. The molecule has 0 rings (SSSR count). The molecule has 0 aromatic rings. The number of rotatable bonds is 66. The molecule has 0 aliphatic rings. The van der Waals surface area contributed by atoms with Crippen molar-refractivity contribution in [3.8, 4) is 0 Å². The van der Waals surface area contributed by atoms with Gasteiger partial charge < -0.3 is 18.9 Å². The van der Waals surface area contributed by atoms with Gasteiger partial charge in [0.2, 0.25) is 0 Å². The Balaban J connectivity index is 3.86. The average Bonchev–Trinajstić information content (AvgIpc) is 3.41. The summed E-state index contributed by atoms with van der Waals surface area (Å²) >= 11 is 0. The summed E-state index contributed by atoms with van der Waals surface area (Å²) in [6, 6.07) is 0. The molecule has 1 N–H and O–H groups in total. The largest absolute Gasteiger partial charge is 0.472 e. The van der Waals surface area contributed by atoms with Crippen LogP contribution in [0.4, 0.5) is 0 Å². The smallest absolute Gasteiger partial charge is 0.462 e. The second-order valence-corrected chi connectivity index (χ2v) is 26.7. The lowest BCUT2D eigenvalue weighted by molar-refractivity contribution is -0.870. The third-order valence-corrected chi connectivity index (χ3v) is 17.0. The lowest BCUT2D eigenvalue weighted by Gasteiger charge is -2.24. The Morgan fingerprint density at radius 3 is 0.937 bits per heavy atom. The van der Waals surface area contributed by atoms with Crippen LogP contribution in [-0.4, -0.2) is 74.9 Å². The SMILES string of the molecule is CCCCCCCC/C=C\CCCCCCCCCC(=O)OC(COC(=O)CCCCCCCCCCCCCCCCCCCCCCCCCCCCCCCCCCCCCCCC)COP(=O)(O)OCC[N+](C)(C)C. The van der Waals surface area contributed by atoms with E-state index < -0.39 is 26.5 Å². The van der Waals surface area contributed by atoms with E-state index in [-0.39, 0.29) is 25.6 Å². The zero-order valence-corrected chi connectivity index (χ0v) is 54.5. The summed E-state index contributed by atoms with van der Waals surface area (Å²) in [6.07, 6.45) is 74.9. The summed E-state index contributed by atoms with van der Waals surface area (Å²) in [4.78, 5) is 35.8.